The average Bonchev–Trinajstić information content (AvgIpc) is 1.84. The van der Waals surface area contributed by atoms with Gasteiger partial charge in [0.25, 0.3) is 0 Å². The zero-order valence-corrected chi connectivity index (χ0v) is 5.93. The lowest BCUT2D eigenvalue weighted by atomic mass is 10.1. The molecule has 0 heterocycles. The van der Waals surface area contributed by atoms with E-state index in [-0.39, 0.29) is 0 Å². The van der Waals surface area contributed by atoms with Gasteiger partial charge >= 0.3 is 18.0 Å². The van der Waals surface area contributed by atoms with Crippen LogP contribution in [0.2, 0.25) is 0 Å². The van der Waals surface area contributed by atoms with E-state index in [4.69, 9.17) is 0 Å². The van der Waals surface area contributed by atoms with Crippen LogP contribution in [0.15, 0.2) is 0 Å². The van der Waals surface area contributed by atoms with Gasteiger partial charge in [0.15, 0.2) is 0 Å². The van der Waals surface area contributed by atoms with Gasteiger partial charge in [-0.3, -0.25) is 0 Å². The Kier molecular flexibility index (Phi) is 2.87. The molecule has 0 spiro atoms. The zero-order chi connectivity index (χ0) is 10.9. The minimum atomic E-state index is -6.30. The molecule has 0 bridgehead atoms. The molecule has 0 saturated heterocycles. The molecule has 0 amide bonds. The Hall–Kier alpha value is -0.930. The van der Waals surface area contributed by atoms with E-state index in [1.54, 1.807) is 0 Å². The van der Waals surface area contributed by atoms with Crippen molar-refractivity contribution >= 4 is 0 Å². The molecule has 0 aliphatic carbocycles. The van der Waals surface area contributed by atoms with Crippen LogP contribution in [0, 0.1) is 12.3 Å². The quantitative estimate of drug-likeness (QED) is 0.483. The smallest absolute Gasteiger partial charge is 0.198 e. The van der Waals surface area contributed by atoms with Gasteiger partial charge in [-0.15, -0.1) is 12.3 Å². The van der Waals surface area contributed by atoms with Gasteiger partial charge in [0.1, 0.15) is 0 Å². The maximum absolute atomic E-state index is 12.1. The summed E-state index contributed by atoms with van der Waals surface area (Å²) in [6, 6.07) is 0. The van der Waals surface area contributed by atoms with E-state index >= 15 is 0 Å². The van der Waals surface area contributed by atoms with E-state index in [1.165, 1.54) is 0 Å². The number of halogens is 7. The summed E-state index contributed by atoms with van der Waals surface area (Å²) >= 11 is 0. The Bertz CT molecular complexity index is 218. The minimum Gasteiger partial charge on any atom is -0.198 e. The van der Waals surface area contributed by atoms with Crippen LogP contribution in [-0.2, 0) is 0 Å². The molecule has 0 aliphatic rings. The molecule has 76 valence electrons. The summed E-state index contributed by atoms with van der Waals surface area (Å²) in [5.41, 5.74) is 0. The van der Waals surface area contributed by atoms with Gasteiger partial charge in [-0.1, -0.05) is 0 Å². The topological polar surface area (TPSA) is 0 Å². The van der Waals surface area contributed by atoms with Gasteiger partial charge in [0.2, 0.25) is 0 Å². The summed E-state index contributed by atoms with van der Waals surface area (Å²) in [5, 5.41) is 0. The highest BCUT2D eigenvalue weighted by atomic mass is 19.4. The molecule has 0 unspecified atom stereocenters. The van der Waals surface area contributed by atoms with E-state index in [0.29, 0.717) is 0 Å². The lowest BCUT2D eigenvalue weighted by Crippen LogP contribution is -2.51. The summed E-state index contributed by atoms with van der Waals surface area (Å²) < 4.78 is 82.1. The fourth-order valence-corrected chi connectivity index (χ4v) is 0.447. The molecule has 0 nitrogen and oxygen atoms in total. The van der Waals surface area contributed by atoms with Crippen molar-refractivity contribution < 1.29 is 30.7 Å². The molecule has 0 aliphatic heterocycles. The summed E-state index contributed by atoms with van der Waals surface area (Å²) in [7, 11) is 0. The Morgan fingerprint density at radius 1 is 0.923 bits per heavy atom. The second-order valence-corrected chi connectivity index (χ2v) is 2.16. The Morgan fingerprint density at radius 3 is 1.54 bits per heavy atom. The summed E-state index contributed by atoms with van der Waals surface area (Å²) in [5.74, 6) is -10.3. The van der Waals surface area contributed by atoms with Crippen molar-refractivity contribution in [3.63, 3.8) is 0 Å². The van der Waals surface area contributed by atoms with Gasteiger partial charge < -0.3 is 0 Å². The monoisotopic (exact) mass is 208 g/mol. The highest BCUT2D eigenvalue weighted by molar-refractivity contribution is 5.00. The summed E-state index contributed by atoms with van der Waals surface area (Å²) in [6.07, 6.45) is -4.03. The van der Waals surface area contributed by atoms with Crippen LogP contribution in [0.25, 0.3) is 0 Å². The van der Waals surface area contributed by atoms with Crippen LogP contribution in [0.5, 0.6) is 0 Å². The molecule has 0 aromatic heterocycles. The van der Waals surface area contributed by atoms with Gasteiger partial charge in [0, 0.05) is 0 Å². The Balaban J connectivity index is 4.94. The number of terminal acetylenes is 1. The third-order valence-electron chi connectivity index (χ3n) is 1.14. The molecule has 13 heavy (non-hydrogen) atoms. The molecule has 0 aromatic rings. The predicted octanol–water partition coefficient (Wildman–Crippen LogP) is 2.84. The molecular formula is C6H3F7. The van der Waals surface area contributed by atoms with Crippen molar-refractivity contribution in [1.29, 1.82) is 0 Å². The summed E-state index contributed by atoms with van der Waals surface area (Å²) in [4.78, 5) is 0. The van der Waals surface area contributed by atoms with E-state index in [0.717, 1.165) is 5.92 Å². The second kappa shape index (κ2) is 3.09. The normalized spacial score (nSPS) is 14.0. The Morgan fingerprint density at radius 2 is 1.31 bits per heavy atom. The molecule has 0 N–H and O–H groups in total. The maximum atomic E-state index is 12.1. The van der Waals surface area contributed by atoms with Gasteiger partial charge in [-0.2, -0.15) is 30.7 Å². The zero-order valence-electron chi connectivity index (χ0n) is 5.93. The highest BCUT2D eigenvalue weighted by Gasteiger charge is 2.72. The number of alkyl halides is 7. The van der Waals surface area contributed by atoms with E-state index in [1.807, 2.05) is 0 Å². The minimum absolute atomic E-state index is 1.06. The number of rotatable bonds is 2. The molecule has 0 atom stereocenters. The molecular weight excluding hydrogens is 205 g/mol. The number of hydrogen-bond acceptors (Lipinski definition) is 0. The molecule has 0 radical (unpaired) electrons. The van der Waals surface area contributed by atoms with Gasteiger partial charge in [-0.05, 0) is 0 Å². The predicted molar refractivity (Wildman–Crippen MR) is 29.4 cm³/mol. The molecule has 0 saturated carbocycles. The highest BCUT2D eigenvalue weighted by Crippen LogP contribution is 2.47. The first-order chi connectivity index (χ1) is 5.56. The van der Waals surface area contributed by atoms with Crippen molar-refractivity contribution in [3.05, 3.63) is 0 Å². The van der Waals surface area contributed by atoms with Crippen molar-refractivity contribution in [2.45, 2.75) is 24.4 Å². The Labute approximate surface area is 68.7 Å². The number of hydrogen-bond donors (Lipinski definition) is 0. The first-order valence-electron chi connectivity index (χ1n) is 2.82. The maximum Gasteiger partial charge on any atom is 0.459 e. The average molecular weight is 208 g/mol. The standard InChI is InChI=1S/C6H3F7/c1-2-3-4(7,8)5(9,10)6(11,12)13/h1H,3H2. The van der Waals surface area contributed by atoms with Crippen LogP contribution < -0.4 is 0 Å². The van der Waals surface area contributed by atoms with Crippen LogP contribution in [0.3, 0.4) is 0 Å². The van der Waals surface area contributed by atoms with Crippen LogP contribution >= 0.6 is 0 Å². The molecule has 0 aromatic carbocycles. The fourth-order valence-electron chi connectivity index (χ4n) is 0.447. The first kappa shape index (κ1) is 12.1. The van der Waals surface area contributed by atoms with Crippen molar-refractivity contribution in [1.82, 2.24) is 0 Å². The summed E-state index contributed by atoms with van der Waals surface area (Å²) in [6.45, 7) is 0. The lowest BCUT2D eigenvalue weighted by Gasteiger charge is -2.26. The van der Waals surface area contributed by atoms with Crippen LogP contribution in [-0.4, -0.2) is 18.0 Å². The molecule has 0 fully saturated rings. The van der Waals surface area contributed by atoms with Gasteiger partial charge in [-0.25, -0.2) is 0 Å². The first-order valence-corrected chi connectivity index (χ1v) is 2.82. The van der Waals surface area contributed by atoms with E-state index in [9.17, 15) is 30.7 Å². The van der Waals surface area contributed by atoms with Crippen molar-refractivity contribution in [2.24, 2.45) is 0 Å². The third kappa shape index (κ3) is 2.05. The molecule has 0 rings (SSSR count). The van der Waals surface area contributed by atoms with Crippen LogP contribution in [0.1, 0.15) is 6.42 Å². The van der Waals surface area contributed by atoms with E-state index in [2.05, 4.69) is 6.42 Å². The fraction of sp³-hybridized carbons (Fsp3) is 0.667. The van der Waals surface area contributed by atoms with Crippen LogP contribution in [0.4, 0.5) is 30.7 Å². The SMILES string of the molecule is C#CCC(F)(F)C(F)(F)C(F)(F)F. The van der Waals surface area contributed by atoms with Crippen molar-refractivity contribution in [2.75, 3.05) is 0 Å². The van der Waals surface area contributed by atoms with E-state index < -0.39 is 24.4 Å². The lowest BCUT2D eigenvalue weighted by molar-refractivity contribution is -0.353. The van der Waals surface area contributed by atoms with Crippen molar-refractivity contribution in [3.8, 4) is 12.3 Å². The molecule has 7 heteroatoms. The second-order valence-electron chi connectivity index (χ2n) is 2.16. The third-order valence-corrected chi connectivity index (χ3v) is 1.14. The van der Waals surface area contributed by atoms with Gasteiger partial charge in [0.05, 0.1) is 6.42 Å². The largest absolute Gasteiger partial charge is 0.459 e.